The van der Waals surface area contributed by atoms with Crippen molar-refractivity contribution in [2.24, 2.45) is 0 Å². The van der Waals surface area contributed by atoms with Crippen LogP contribution in [0.2, 0.25) is 10.0 Å². The number of ether oxygens (including phenoxy) is 1. The number of halogens is 2. The average molecular weight is 378 g/mol. The van der Waals surface area contributed by atoms with E-state index in [1.165, 1.54) is 0 Å². The van der Waals surface area contributed by atoms with Gasteiger partial charge < -0.3 is 9.64 Å². The molecule has 2 aromatic rings. The molecule has 0 bridgehead atoms. The predicted octanol–water partition coefficient (Wildman–Crippen LogP) is 4.06. The standard InChI is InChI=1S/C19H17Cl2NO3/c20-15-7-3-8-16(21)14(15)11-19(24)25-12-18(23)22-10-4-6-13-5-1-2-9-17(13)22/h1-3,5,7-9H,4,6,10-12H2. The molecule has 0 aromatic heterocycles. The molecule has 130 valence electrons. The van der Waals surface area contributed by atoms with Gasteiger partial charge in [-0.2, -0.15) is 0 Å². The Labute approximate surface area is 156 Å². The third kappa shape index (κ3) is 4.14. The van der Waals surface area contributed by atoms with Gasteiger partial charge in [0.1, 0.15) is 0 Å². The molecule has 4 nitrogen and oxygen atoms in total. The van der Waals surface area contributed by atoms with E-state index in [0.717, 1.165) is 24.1 Å². The normalized spacial score (nSPS) is 13.3. The first-order valence-corrected chi connectivity index (χ1v) is 8.78. The van der Waals surface area contributed by atoms with Crippen LogP contribution in [0, 0.1) is 0 Å². The monoisotopic (exact) mass is 377 g/mol. The Bertz CT molecular complexity index is 787. The molecule has 0 N–H and O–H groups in total. The van der Waals surface area contributed by atoms with Crippen molar-refractivity contribution in [2.45, 2.75) is 19.3 Å². The van der Waals surface area contributed by atoms with Gasteiger partial charge in [-0.25, -0.2) is 0 Å². The zero-order valence-corrected chi connectivity index (χ0v) is 15.0. The molecular formula is C19H17Cl2NO3. The number of para-hydroxylation sites is 1. The van der Waals surface area contributed by atoms with Gasteiger partial charge in [-0.15, -0.1) is 0 Å². The maximum Gasteiger partial charge on any atom is 0.310 e. The highest BCUT2D eigenvalue weighted by Crippen LogP contribution is 2.27. The number of carbonyl (C=O) groups is 2. The zero-order chi connectivity index (χ0) is 17.8. The Hall–Kier alpha value is -2.04. The fraction of sp³-hybridized carbons (Fsp3) is 0.263. The Morgan fingerprint density at radius 2 is 1.76 bits per heavy atom. The molecule has 0 atom stereocenters. The zero-order valence-electron chi connectivity index (χ0n) is 13.5. The Morgan fingerprint density at radius 3 is 2.52 bits per heavy atom. The summed E-state index contributed by atoms with van der Waals surface area (Å²) in [6.07, 6.45) is 1.78. The minimum Gasteiger partial charge on any atom is -0.455 e. The molecule has 0 saturated carbocycles. The first-order valence-electron chi connectivity index (χ1n) is 8.03. The van der Waals surface area contributed by atoms with E-state index in [1.807, 2.05) is 24.3 Å². The largest absolute Gasteiger partial charge is 0.455 e. The van der Waals surface area contributed by atoms with Gasteiger partial charge >= 0.3 is 5.97 Å². The number of fused-ring (bicyclic) bond motifs is 1. The molecule has 25 heavy (non-hydrogen) atoms. The second kappa shape index (κ2) is 7.89. The summed E-state index contributed by atoms with van der Waals surface area (Å²) in [6.45, 7) is 0.332. The summed E-state index contributed by atoms with van der Waals surface area (Å²) in [6, 6.07) is 12.8. The van der Waals surface area contributed by atoms with Crippen LogP contribution in [0.3, 0.4) is 0 Å². The first-order chi connectivity index (χ1) is 12.1. The fourth-order valence-corrected chi connectivity index (χ4v) is 3.44. The number of aryl methyl sites for hydroxylation is 1. The van der Waals surface area contributed by atoms with E-state index in [9.17, 15) is 9.59 Å². The summed E-state index contributed by atoms with van der Waals surface area (Å²) < 4.78 is 5.14. The number of carbonyl (C=O) groups excluding carboxylic acids is 2. The van der Waals surface area contributed by atoms with E-state index < -0.39 is 5.97 Å². The topological polar surface area (TPSA) is 46.6 Å². The number of esters is 1. The molecular weight excluding hydrogens is 361 g/mol. The van der Waals surface area contributed by atoms with Crippen molar-refractivity contribution in [3.05, 3.63) is 63.6 Å². The lowest BCUT2D eigenvalue weighted by atomic mass is 10.0. The average Bonchev–Trinajstić information content (AvgIpc) is 2.62. The van der Waals surface area contributed by atoms with Crippen LogP contribution in [-0.2, 0) is 27.2 Å². The number of benzene rings is 2. The third-order valence-corrected chi connectivity index (χ3v) is 4.86. The molecule has 1 aliphatic rings. The number of hydrogen-bond donors (Lipinski definition) is 0. The summed E-state index contributed by atoms with van der Waals surface area (Å²) in [5.41, 5.74) is 2.53. The van der Waals surface area contributed by atoms with E-state index in [4.69, 9.17) is 27.9 Å². The summed E-state index contributed by atoms with van der Waals surface area (Å²) in [7, 11) is 0. The second-order valence-electron chi connectivity index (χ2n) is 5.82. The van der Waals surface area contributed by atoms with E-state index >= 15 is 0 Å². The SMILES string of the molecule is O=C(Cc1c(Cl)cccc1Cl)OCC(=O)N1CCCc2ccccc21. The summed E-state index contributed by atoms with van der Waals surface area (Å²) >= 11 is 12.1. The van der Waals surface area contributed by atoms with E-state index in [-0.39, 0.29) is 18.9 Å². The summed E-state index contributed by atoms with van der Waals surface area (Å²) in [5, 5.41) is 0.807. The van der Waals surface area contributed by atoms with Crippen LogP contribution in [0.1, 0.15) is 17.5 Å². The van der Waals surface area contributed by atoms with Crippen molar-refractivity contribution in [3.8, 4) is 0 Å². The molecule has 6 heteroatoms. The van der Waals surface area contributed by atoms with Gasteiger partial charge in [0.2, 0.25) is 0 Å². The van der Waals surface area contributed by atoms with Crippen LogP contribution in [0.4, 0.5) is 5.69 Å². The number of nitrogens with zero attached hydrogens (tertiary/aromatic N) is 1. The van der Waals surface area contributed by atoms with Crippen LogP contribution in [0.25, 0.3) is 0 Å². The number of amides is 1. The second-order valence-corrected chi connectivity index (χ2v) is 6.63. The molecule has 0 saturated heterocycles. The van der Waals surface area contributed by atoms with Crippen molar-refractivity contribution in [1.29, 1.82) is 0 Å². The van der Waals surface area contributed by atoms with Gasteiger partial charge in [-0.05, 0) is 36.6 Å². The van der Waals surface area contributed by atoms with E-state index in [2.05, 4.69) is 0 Å². The molecule has 0 unspecified atom stereocenters. The molecule has 0 spiro atoms. The highest BCUT2D eigenvalue weighted by atomic mass is 35.5. The maximum atomic E-state index is 12.4. The summed E-state index contributed by atoms with van der Waals surface area (Å²) in [5.74, 6) is -0.764. The van der Waals surface area contributed by atoms with E-state index in [0.29, 0.717) is 22.2 Å². The molecule has 1 heterocycles. The highest BCUT2D eigenvalue weighted by molar-refractivity contribution is 6.36. The number of rotatable bonds is 4. The van der Waals surface area contributed by atoms with E-state index in [1.54, 1.807) is 23.1 Å². The van der Waals surface area contributed by atoms with Crippen LogP contribution in [-0.4, -0.2) is 25.0 Å². The van der Waals surface area contributed by atoms with Gasteiger partial charge in [0, 0.05) is 27.8 Å². The van der Waals surface area contributed by atoms with Gasteiger partial charge in [-0.1, -0.05) is 47.5 Å². The lowest BCUT2D eigenvalue weighted by molar-refractivity contribution is -0.147. The molecule has 0 radical (unpaired) electrons. The van der Waals surface area contributed by atoms with Crippen molar-refractivity contribution < 1.29 is 14.3 Å². The Kier molecular flexibility index (Phi) is 5.61. The molecule has 3 rings (SSSR count). The number of hydrogen-bond acceptors (Lipinski definition) is 3. The smallest absolute Gasteiger partial charge is 0.310 e. The van der Waals surface area contributed by atoms with Crippen LogP contribution in [0.15, 0.2) is 42.5 Å². The lowest BCUT2D eigenvalue weighted by Gasteiger charge is -2.29. The minimum atomic E-state index is -0.534. The minimum absolute atomic E-state index is 0.0671. The third-order valence-electron chi connectivity index (χ3n) is 4.15. The quantitative estimate of drug-likeness (QED) is 0.754. The van der Waals surface area contributed by atoms with Gasteiger partial charge in [0.15, 0.2) is 6.61 Å². The van der Waals surface area contributed by atoms with Crippen LogP contribution in [0.5, 0.6) is 0 Å². The first kappa shape index (κ1) is 17.8. The van der Waals surface area contributed by atoms with Crippen LogP contribution >= 0.6 is 23.2 Å². The van der Waals surface area contributed by atoms with Crippen molar-refractivity contribution in [3.63, 3.8) is 0 Å². The van der Waals surface area contributed by atoms with Crippen molar-refractivity contribution in [2.75, 3.05) is 18.1 Å². The van der Waals surface area contributed by atoms with Crippen LogP contribution < -0.4 is 4.90 Å². The van der Waals surface area contributed by atoms with Gasteiger partial charge in [-0.3, -0.25) is 9.59 Å². The Morgan fingerprint density at radius 1 is 1.04 bits per heavy atom. The van der Waals surface area contributed by atoms with Gasteiger partial charge in [0.05, 0.1) is 6.42 Å². The van der Waals surface area contributed by atoms with Crippen molar-refractivity contribution >= 4 is 40.8 Å². The van der Waals surface area contributed by atoms with Gasteiger partial charge in [0.25, 0.3) is 5.91 Å². The number of anilines is 1. The predicted molar refractivity (Wildman–Crippen MR) is 98.2 cm³/mol. The Balaban J connectivity index is 1.61. The molecule has 0 fully saturated rings. The maximum absolute atomic E-state index is 12.4. The molecule has 1 aliphatic heterocycles. The molecule has 2 aromatic carbocycles. The lowest BCUT2D eigenvalue weighted by Crippen LogP contribution is -2.38. The highest BCUT2D eigenvalue weighted by Gasteiger charge is 2.23. The van der Waals surface area contributed by atoms with Crippen molar-refractivity contribution in [1.82, 2.24) is 0 Å². The molecule has 1 amide bonds. The summed E-state index contributed by atoms with van der Waals surface area (Å²) in [4.78, 5) is 26.2. The molecule has 0 aliphatic carbocycles. The fourth-order valence-electron chi connectivity index (χ4n) is 2.91.